The van der Waals surface area contributed by atoms with Crippen LogP contribution < -0.4 is 4.72 Å². The predicted octanol–water partition coefficient (Wildman–Crippen LogP) is 0.715. The van der Waals surface area contributed by atoms with Crippen molar-refractivity contribution in [2.45, 2.75) is 10.8 Å². The van der Waals surface area contributed by atoms with Crippen molar-refractivity contribution in [1.82, 2.24) is 14.7 Å². The molecule has 0 atom stereocenters. The summed E-state index contributed by atoms with van der Waals surface area (Å²) >= 11 is 0.762. The molecule has 0 aliphatic heterocycles. The molecule has 2 aromatic heterocycles. The van der Waals surface area contributed by atoms with Crippen LogP contribution in [0.3, 0.4) is 0 Å². The second kappa shape index (κ2) is 5.43. The molecule has 0 unspecified atom stereocenters. The summed E-state index contributed by atoms with van der Waals surface area (Å²) in [5, 5.41) is 8.85. The van der Waals surface area contributed by atoms with Crippen molar-refractivity contribution in [2.24, 2.45) is 0 Å². The minimum Gasteiger partial charge on any atom is -0.476 e. The zero-order valence-corrected chi connectivity index (χ0v) is 11.1. The molecule has 0 fully saturated rings. The van der Waals surface area contributed by atoms with Crippen LogP contribution in [0.2, 0.25) is 0 Å². The highest BCUT2D eigenvalue weighted by Gasteiger charge is 2.25. The highest BCUT2D eigenvalue weighted by Crippen LogP contribution is 2.19. The molecular weight excluding hydrogens is 290 g/mol. The topological polar surface area (TPSA) is 109 Å². The number of carbonyl (C=O) groups is 1. The number of aromatic carboxylic acids is 1. The van der Waals surface area contributed by atoms with Gasteiger partial charge in [0.2, 0.25) is 0 Å². The van der Waals surface area contributed by atoms with E-state index in [-0.39, 0.29) is 10.8 Å². The van der Waals surface area contributed by atoms with Gasteiger partial charge in [-0.2, -0.15) is 0 Å². The Morgan fingerprint density at radius 1 is 1.47 bits per heavy atom. The second-order valence-corrected chi connectivity index (χ2v) is 6.30. The van der Waals surface area contributed by atoms with E-state index in [0.717, 1.165) is 11.3 Å². The van der Waals surface area contributed by atoms with E-state index in [4.69, 9.17) is 5.11 Å². The molecule has 0 amide bonds. The molecule has 100 valence electrons. The first-order chi connectivity index (χ1) is 9.00. The quantitative estimate of drug-likeness (QED) is 0.841. The van der Waals surface area contributed by atoms with Gasteiger partial charge in [-0.1, -0.05) is 6.07 Å². The van der Waals surface area contributed by atoms with Gasteiger partial charge in [-0.3, -0.25) is 4.98 Å². The number of hydrogen-bond donors (Lipinski definition) is 2. The van der Waals surface area contributed by atoms with Crippen LogP contribution in [0.25, 0.3) is 0 Å². The highest BCUT2D eigenvalue weighted by molar-refractivity contribution is 7.91. The van der Waals surface area contributed by atoms with E-state index in [0.29, 0.717) is 5.56 Å². The lowest BCUT2D eigenvalue weighted by Gasteiger charge is -2.05. The van der Waals surface area contributed by atoms with Crippen LogP contribution in [0.5, 0.6) is 0 Å². The van der Waals surface area contributed by atoms with Crippen molar-refractivity contribution in [3.8, 4) is 0 Å². The van der Waals surface area contributed by atoms with E-state index in [9.17, 15) is 13.2 Å². The van der Waals surface area contributed by atoms with Gasteiger partial charge in [-0.05, 0) is 11.6 Å². The number of pyridine rings is 1. The fraction of sp³-hybridized carbons (Fsp3) is 0.100. The Morgan fingerprint density at radius 2 is 2.26 bits per heavy atom. The van der Waals surface area contributed by atoms with Crippen molar-refractivity contribution in [3.63, 3.8) is 0 Å². The number of carboxylic acid groups (broad SMARTS) is 1. The summed E-state index contributed by atoms with van der Waals surface area (Å²) in [6, 6.07) is 3.39. The summed E-state index contributed by atoms with van der Waals surface area (Å²) in [6.45, 7) is 0.0349. The Labute approximate surface area is 113 Å². The second-order valence-electron chi connectivity index (χ2n) is 3.48. The van der Waals surface area contributed by atoms with Crippen LogP contribution in [0.4, 0.5) is 0 Å². The fourth-order valence-electron chi connectivity index (χ4n) is 1.32. The van der Waals surface area contributed by atoms with Gasteiger partial charge in [-0.25, -0.2) is 22.9 Å². The monoisotopic (exact) mass is 299 g/mol. The summed E-state index contributed by atoms with van der Waals surface area (Å²) in [5.74, 6) is -1.37. The molecule has 0 saturated heterocycles. The van der Waals surface area contributed by atoms with Gasteiger partial charge in [0.15, 0.2) is 9.90 Å². The van der Waals surface area contributed by atoms with Crippen LogP contribution in [-0.2, 0) is 16.6 Å². The van der Waals surface area contributed by atoms with E-state index >= 15 is 0 Å². The maximum absolute atomic E-state index is 12.0. The summed E-state index contributed by atoms with van der Waals surface area (Å²) in [5.41, 5.74) is 1.39. The van der Waals surface area contributed by atoms with E-state index in [1.807, 2.05) is 0 Å². The molecule has 9 heteroatoms. The summed E-state index contributed by atoms with van der Waals surface area (Å²) in [7, 11) is -3.89. The van der Waals surface area contributed by atoms with Gasteiger partial charge in [0.25, 0.3) is 10.0 Å². The number of nitrogens with zero attached hydrogens (tertiary/aromatic N) is 2. The lowest BCUT2D eigenvalue weighted by molar-refractivity contribution is 0.0687. The molecule has 7 nitrogen and oxygen atoms in total. The molecule has 2 rings (SSSR count). The Hall–Kier alpha value is -1.84. The zero-order chi connectivity index (χ0) is 13.9. The van der Waals surface area contributed by atoms with E-state index < -0.39 is 21.7 Å². The maximum Gasteiger partial charge on any atom is 0.356 e. The third-order valence-electron chi connectivity index (χ3n) is 2.17. The Kier molecular flexibility index (Phi) is 3.88. The number of nitrogens with one attached hydrogen (secondary N) is 1. The van der Waals surface area contributed by atoms with Crippen LogP contribution in [0.15, 0.2) is 34.2 Å². The highest BCUT2D eigenvalue weighted by atomic mass is 32.2. The molecule has 0 aromatic carbocycles. The first-order valence-electron chi connectivity index (χ1n) is 5.06. The predicted molar refractivity (Wildman–Crippen MR) is 67.3 cm³/mol. The Bertz CT molecular complexity index is 682. The van der Waals surface area contributed by atoms with Gasteiger partial charge in [-0.15, -0.1) is 11.3 Å². The Morgan fingerprint density at radius 3 is 2.89 bits per heavy atom. The number of aromatic nitrogens is 2. The SMILES string of the molecule is O=C(O)c1ncsc1S(=O)(=O)NCc1cccnc1. The van der Waals surface area contributed by atoms with Crippen molar-refractivity contribution in [3.05, 3.63) is 41.3 Å². The molecule has 0 aliphatic rings. The first kappa shape index (κ1) is 13.6. The van der Waals surface area contributed by atoms with Crippen molar-refractivity contribution < 1.29 is 18.3 Å². The molecule has 0 saturated carbocycles. The van der Waals surface area contributed by atoms with Gasteiger partial charge in [0, 0.05) is 18.9 Å². The number of sulfonamides is 1. The average Bonchev–Trinajstić information content (AvgIpc) is 2.88. The van der Waals surface area contributed by atoms with Crippen molar-refractivity contribution in [1.29, 1.82) is 0 Å². The van der Waals surface area contributed by atoms with Crippen LogP contribution in [0.1, 0.15) is 16.1 Å². The van der Waals surface area contributed by atoms with Gasteiger partial charge in [0.1, 0.15) is 0 Å². The van der Waals surface area contributed by atoms with Crippen LogP contribution in [-0.4, -0.2) is 29.5 Å². The molecule has 0 aliphatic carbocycles. The van der Waals surface area contributed by atoms with E-state index in [1.54, 1.807) is 18.3 Å². The van der Waals surface area contributed by atoms with Crippen molar-refractivity contribution >= 4 is 27.3 Å². The molecular formula is C10H9N3O4S2. The zero-order valence-electron chi connectivity index (χ0n) is 9.48. The third-order valence-corrected chi connectivity index (χ3v) is 4.94. The molecule has 0 bridgehead atoms. The lowest BCUT2D eigenvalue weighted by atomic mass is 10.3. The third kappa shape index (κ3) is 3.13. The summed E-state index contributed by atoms with van der Waals surface area (Å²) in [4.78, 5) is 18.2. The number of carboxylic acids is 1. The molecule has 2 N–H and O–H groups in total. The van der Waals surface area contributed by atoms with Crippen molar-refractivity contribution in [2.75, 3.05) is 0 Å². The normalized spacial score (nSPS) is 11.4. The molecule has 2 heterocycles. The van der Waals surface area contributed by atoms with E-state index in [2.05, 4.69) is 14.7 Å². The van der Waals surface area contributed by atoms with Crippen LogP contribution in [0, 0.1) is 0 Å². The average molecular weight is 299 g/mol. The number of hydrogen-bond acceptors (Lipinski definition) is 6. The molecule has 2 aromatic rings. The number of rotatable bonds is 5. The largest absolute Gasteiger partial charge is 0.476 e. The maximum atomic E-state index is 12.0. The number of thiazole rings is 1. The minimum atomic E-state index is -3.89. The standard InChI is InChI=1S/C10H9N3O4S2/c14-9(15)8-10(18-6-12-8)19(16,17)13-5-7-2-1-3-11-4-7/h1-4,6,13H,5H2,(H,14,15). The molecule has 19 heavy (non-hydrogen) atoms. The smallest absolute Gasteiger partial charge is 0.356 e. The molecule has 0 spiro atoms. The van der Waals surface area contributed by atoms with Crippen LogP contribution >= 0.6 is 11.3 Å². The first-order valence-corrected chi connectivity index (χ1v) is 7.42. The van der Waals surface area contributed by atoms with Gasteiger partial charge < -0.3 is 5.11 Å². The lowest BCUT2D eigenvalue weighted by Crippen LogP contribution is -2.24. The summed E-state index contributed by atoms with van der Waals surface area (Å²) in [6.07, 6.45) is 3.09. The fourth-order valence-corrected chi connectivity index (χ4v) is 3.52. The van der Waals surface area contributed by atoms with Gasteiger partial charge >= 0.3 is 5.97 Å². The minimum absolute atomic E-state index is 0.0349. The molecule has 0 radical (unpaired) electrons. The van der Waals surface area contributed by atoms with E-state index in [1.165, 1.54) is 11.7 Å². The van der Waals surface area contributed by atoms with Gasteiger partial charge in [0.05, 0.1) is 5.51 Å². The Balaban J connectivity index is 2.19. The summed E-state index contributed by atoms with van der Waals surface area (Å²) < 4.78 is 25.9.